The van der Waals surface area contributed by atoms with Gasteiger partial charge in [-0.05, 0) is 13.8 Å². The maximum Gasteiger partial charge on any atom is 0.315 e. The summed E-state index contributed by atoms with van der Waals surface area (Å²) in [6.07, 6.45) is 0. The molecule has 0 amide bonds. The topological polar surface area (TPSA) is 54.0 Å². The largest absolute Gasteiger partial charge is 0.496 e. The molecule has 0 bridgehead atoms. The second-order valence-corrected chi connectivity index (χ2v) is 4.52. The van der Waals surface area contributed by atoms with Crippen LogP contribution in [0.25, 0.3) is 0 Å². The molecule has 0 fully saturated rings. The Morgan fingerprint density at radius 2 is 1.42 bits per heavy atom. The molecule has 0 atom stereocenters. The van der Waals surface area contributed by atoms with Crippen molar-refractivity contribution in [1.82, 2.24) is 0 Å². The van der Waals surface area contributed by atoms with E-state index < -0.39 is 5.41 Å². The molecular formula is C14H20O5. The number of ether oxygens (including phenoxy) is 4. The number of carbonyl (C=O) groups is 1. The van der Waals surface area contributed by atoms with Crippen LogP contribution in [0.15, 0.2) is 12.1 Å². The maximum absolute atomic E-state index is 12.0. The van der Waals surface area contributed by atoms with Crippen LogP contribution in [0.2, 0.25) is 0 Å². The number of rotatable bonds is 5. The van der Waals surface area contributed by atoms with Gasteiger partial charge in [0.05, 0.1) is 39.4 Å². The smallest absolute Gasteiger partial charge is 0.315 e. The van der Waals surface area contributed by atoms with Crippen molar-refractivity contribution in [3.8, 4) is 17.2 Å². The summed E-state index contributed by atoms with van der Waals surface area (Å²) in [6, 6.07) is 3.42. The van der Waals surface area contributed by atoms with Gasteiger partial charge in [-0.3, -0.25) is 4.79 Å². The number of esters is 1. The van der Waals surface area contributed by atoms with Crippen LogP contribution in [0.1, 0.15) is 19.4 Å². The van der Waals surface area contributed by atoms with Crippen LogP contribution >= 0.6 is 0 Å². The summed E-state index contributed by atoms with van der Waals surface area (Å²) in [5.74, 6) is 1.27. The lowest BCUT2D eigenvalue weighted by Gasteiger charge is -2.26. The number of benzene rings is 1. The zero-order chi connectivity index (χ0) is 14.6. The van der Waals surface area contributed by atoms with Crippen LogP contribution < -0.4 is 14.2 Å². The van der Waals surface area contributed by atoms with Gasteiger partial charge >= 0.3 is 5.97 Å². The molecule has 0 saturated carbocycles. The van der Waals surface area contributed by atoms with Crippen molar-refractivity contribution in [2.24, 2.45) is 0 Å². The predicted molar refractivity (Wildman–Crippen MR) is 71.1 cm³/mol. The summed E-state index contributed by atoms with van der Waals surface area (Å²) in [7, 11) is 5.97. The molecule has 1 aromatic carbocycles. The fraction of sp³-hybridized carbons (Fsp3) is 0.500. The Balaban J connectivity index is 3.52. The average molecular weight is 268 g/mol. The van der Waals surface area contributed by atoms with Crippen LogP contribution in [-0.2, 0) is 14.9 Å². The van der Waals surface area contributed by atoms with E-state index in [1.807, 2.05) is 0 Å². The fourth-order valence-electron chi connectivity index (χ4n) is 1.98. The van der Waals surface area contributed by atoms with Crippen LogP contribution in [0.3, 0.4) is 0 Å². The molecule has 0 aliphatic carbocycles. The molecule has 1 rings (SSSR count). The van der Waals surface area contributed by atoms with E-state index in [-0.39, 0.29) is 5.97 Å². The van der Waals surface area contributed by atoms with Crippen molar-refractivity contribution in [2.45, 2.75) is 19.3 Å². The van der Waals surface area contributed by atoms with Crippen LogP contribution in [0.4, 0.5) is 0 Å². The van der Waals surface area contributed by atoms with Gasteiger partial charge in [-0.15, -0.1) is 0 Å². The summed E-state index contributed by atoms with van der Waals surface area (Å²) < 4.78 is 20.7. The third kappa shape index (κ3) is 2.75. The minimum Gasteiger partial charge on any atom is -0.496 e. The molecule has 0 aromatic heterocycles. The summed E-state index contributed by atoms with van der Waals surface area (Å²) in [4.78, 5) is 12.0. The Hall–Kier alpha value is -1.91. The van der Waals surface area contributed by atoms with Crippen LogP contribution in [0, 0.1) is 0 Å². The zero-order valence-corrected chi connectivity index (χ0v) is 12.2. The first-order chi connectivity index (χ1) is 8.92. The third-order valence-electron chi connectivity index (χ3n) is 3.04. The lowest BCUT2D eigenvalue weighted by molar-refractivity contribution is -0.146. The van der Waals surface area contributed by atoms with E-state index in [0.717, 1.165) is 0 Å². The predicted octanol–water partition coefficient (Wildman–Crippen LogP) is 2.16. The third-order valence-corrected chi connectivity index (χ3v) is 3.04. The van der Waals surface area contributed by atoms with Crippen molar-refractivity contribution < 1.29 is 23.7 Å². The van der Waals surface area contributed by atoms with Gasteiger partial charge in [-0.25, -0.2) is 0 Å². The van der Waals surface area contributed by atoms with E-state index in [9.17, 15) is 4.79 Å². The summed E-state index contributed by atoms with van der Waals surface area (Å²) in [5, 5.41) is 0. The molecule has 0 saturated heterocycles. The fourth-order valence-corrected chi connectivity index (χ4v) is 1.98. The molecule has 0 N–H and O–H groups in total. The summed E-state index contributed by atoms with van der Waals surface area (Å²) in [5.41, 5.74) is -0.261. The van der Waals surface area contributed by atoms with Crippen LogP contribution in [-0.4, -0.2) is 34.4 Å². The number of carbonyl (C=O) groups excluding carboxylic acids is 1. The van der Waals surface area contributed by atoms with Gasteiger partial charge in [0.2, 0.25) is 0 Å². The molecule has 0 spiro atoms. The molecule has 0 heterocycles. The second kappa shape index (κ2) is 5.82. The van der Waals surface area contributed by atoms with Gasteiger partial charge in [-0.1, -0.05) is 0 Å². The summed E-state index contributed by atoms with van der Waals surface area (Å²) >= 11 is 0. The Morgan fingerprint density at radius 1 is 0.947 bits per heavy atom. The highest BCUT2D eigenvalue weighted by Gasteiger charge is 2.37. The van der Waals surface area contributed by atoms with E-state index in [1.165, 1.54) is 21.3 Å². The highest BCUT2D eigenvalue weighted by atomic mass is 16.5. The van der Waals surface area contributed by atoms with E-state index in [1.54, 1.807) is 33.1 Å². The lowest BCUT2D eigenvalue weighted by Crippen LogP contribution is -2.31. The Morgan fingerprint density at radius 3 is 1.74 bits per heavy atom. The maximum atomic E-state index is 12.0. The second-order valence-electron chi connectivity index (χ2n) is 4.52. The van der Waals surface area contributed by atoms with Gasteiger partial charge in [-0.2, -0.15) is 0 Å². The Labute approximate surface area is 113 Å². The zero-order valence-electron chi connectivity index (χ0n) is 12.2. The highest BCUT2D eigenvalue weighted by Crippen LogP contribution is 2.42. The van der Waals surface area contributed by atoms with E-state index >= 15 is 0 Å². The van der Waals surface area contributed by atoms with Gasteiger partial charge in [0.25, 0.3) is 0 Å². The quantitative estimate of drug-likeness (QED) is 0.766. The average Bonchev–Trinajstić information content (AvgIpc) is 2.44. The van der Waals surface area contributed by atoms with Crippen molar-refractivity contribution in [3.63, 3.8) is 0 Å². The lowest BCUT2D eigenvalue weighted by atomic mass is 9.83. The van der Waals surface area contributed by atoms with Crippen molar-refractivity contribution in [2.75, 3.05) is 28.4 Å². The Kier molecular flexibility index (Phi) is 4.64. The minimum atomic E-state index is -0.891. The highest BCUT2D eigenvalue weighted by molar-refractivity contribution is 5.84. The van der Waals surface area contributed by atoms with Crippen molar-refractivity contribution in [1.29, 1.82) is 0 Å². The van der Waals surface area contributed by atoms with Crippen LogP contribution in [0.5, 0.6) is 17.2 Å². The standard InChI is InChI=1S/C14H20O5/c1-14(2,13(15)19-6)12-10(17-4)7-9(16-3)8-11(12)18-5/h7-8H,1-6H3. The normalized spacial score (nSPS) is 10.8. The molecule has 19 heavy (non-hydrogen) atoms. The molecule has 0 aliphatic rings. The van der Waals surface area contributed by atoms with Gasteiger partial charge in [0.15, 0.2) is 0 Å². The minimum absolute atomic E-state index is 0.366. The van der Waals surface area contributed by atoms with E-state index in [0.29, 0.717) is 22.8 Å². The summed E-state index contributed by atoms with van der Waals surface area (Å²) in [6.45, 7) is 3.51. The molecule has 0 radical (unpaired) electrons. The molecule has 5 nitrogen and oxygen atoms in total. The molecule has 5 heteroatoms. The molecular weight excluding hydrogens is 248 g/mol. The number of hydrogen-bond acceptors (Lipinski definition) is 5. The van der Waals surface area contributed by atoms with E-state index in [2.05, 4.69) is 0 Å². The molecule has 0 aliphatic heterocycles. The Bertz CT molecular complexity index is 440. The van der Waals surface area contributed by atoms with E-state index in [4.69, 9.17) is 18.9 Å². The van der Waals surface area contributed by atoms with Crippen molar-refractivity contribution >= 4 is 5.97 Å². The van der Waals surface area contributed by atoms with Gasteiger partial charge in [0.1, 0.15) is 17.2 Å². The van der Waals surface area contributed by atoms with Gasteiger partial charge < -0.3 is 18.9 Å². The van der Waals surface area contributed by atoms with Gasteiger partial charge in [0, 0.05) is 12.1 Å². The monoisotopic (exact) mass is 268 g/mol. The first-order valence-corrected chi connectivity index (χ1v) is 5.81. The molecule has 1 aromatic rings. The first-order valence-electron chi connectivity index (χ1n) is 5.81. The SMILES string of the molecule is COC(=O)C(C)(C)c1c(OC)cc(OC)cc1OC. The molecule has 0 unspecified atom stereocenters. The number of hydrogen-bond donors (Lipinski definition) is 0. The number of methoxy groups -OCH3 is 4. The molecule has 106 valence electrons. The van der Waals surface area contributed by atoms with Crippen molar-refractivity contribution in [3.05, 3.63) is 17.7 Å². The first kappa shape index (κ1) is 15.1.